The van der Waals surface area contributed by atoms with Crippen molar-refractivity contribution >= 4 is 0 Å². The van der Waals surface area contributed by atoms with E-state index in [1.54, 1.807) is 6.08 Å². The minimum Gasteiger partial charge on any atom is -0.103 e. The van der Waals surface area contributed by atoms with Gasteiger partial charge in [0.1, 0.15) is 0 Å². The molecule has 0 aromatic rings. The van der Waals surface area contributed by atoms with Crippen LogP contribution in [0.4, 0.5) is 0 Å². The van der Waals surface area contributed by atoms with Crippen LogP contribution in [0.5, 0.6) is 0 Å². The predicted molar refractivity (Wildman–Crippen MR) is 56.6 cm³/mol. The van der Waals surface area contributed by atoms with Crippen molar-refractivity contribution in [3.05, 3.63) is 12.7 Å². The van der Waals surface area contributed by atoms with E-state index in [0.29, 0.717) is 0 Å². The molecule has 10 heavy (non-hydrogen) atoms. The quantitative estimate of drug-likeness (QED) is 0.465. The third kappa shape index (κ3) is 642. The molecule has 0 amide bonds. The van der Waals surface area contributed by atoms with Crippen LogP contribution < -0.4 is 0 Å². The monoisotopic (exact) mass is 149 g/mol. The van der Waals surface area contributed by atoms with Gasteiger partial charge in [-0.25, -0.2) is 0 Å². The Labute approximate surface area is 69.8 Å². The van der Waals surface area contributed by atoms with Gasteiger partial charge in [0.25, 0.3) is 0 Å². The van der Waals surface area contributed by atoms with Crippen LogP contribution in [0.1, 0.15) is 56.3 Å². The third-order valence-electron chi connectivity index (χ3n) is 0.500. The van der Waals surface area contributed by atoms with E-state index in [0.717, 1.165) is 0 Å². The zero-order valence-corrected chi connectivity index (χ0v) is 7.70. The Kier molecular flexibility index (Phi) is 157. The van der Waals surface area contributed by atoms with Crippen molar-refractivity contribution < 1.29 is 1.43 Å². The van der Waals surface area contributed by atoms with Crippen LogP contribution in [-0.4, -0.2) is 0 Å². The van der Waals surface area contributed by atoms with Crippen molar-refractivity contribution in [2.45, 2.75) is 54.9 Å². The highest BCUT2D eigenvalue weighted by Gasteiger charge is 1.56. The number of allylic oxidation sites excluding steroid dienone is 1. The third-order valence-corrected chi connectivity index (χ3v) is 0.500. The van der Waals surface area contributed by atoms with Crippen LogP contribution in [0, 0.1) is 0 Å². The minimum atomic E-state index is 0. The summed E-state index contributed by atoms with van der Waals surface area (Å²) in [7, 11) is 0. The molecule has 0 saturated heterocycles. The molecule has 0 heteroatoms. The zero-order valence-electron chi connectivity index (χ0n) is 7.70. The lowest BCUT2D eigenvalue weighted by Gasteiger charge is -1.68. The summed E-state index contributed by atoms with van der Waals surface area (Å²) in [5.41, 5.74) is 0. The van der Waals surface area contributed by atoms with E-state index in [9.17, 15) is 0 Å². The Morgan fingerprint density at radius 1 is 1.20 bits per heavy atom. The molecule has 0 aliphatic heterocycles. The fourth-order valence-corrected chi connectivity index (χ4v) is 0. The first-order chi connectivity index (χ1) is 4.33. The van der Waals surface area contributed by atoms with Gasteiger partial charge >= 0.3 is 0 Å². The SMILES string of the molecule is C.C=CC.CC.CCCC.[2HH]. The smallest absolute Gasteiger partial charge is 0 e. The zero-order chi connectivity index (χ0) is 8.12. The van der Waals surface area contributed by atoms with Crippen molar-refractivity contribution in [3.8, 4) is 0 Å². The molecule has 0 aromatic heterocycles. The Hall–Kier alpha value is -0.260. The lowest BCUT2D eigenvalue weighted by molar-refractivity contribution is 0.886. The van der Waals surface area contributed by atoms with Crippen LogP contribution in [0.3, 0.4) is 0 Å². The van der Waals surface area contributed by atoms with E-state index >= 15 is 0 Å². The maximum absolute atomic E-state index is 3.36. The van der Waals surface area contributed by atoms with Crippen LogP contribution in [0.25, 0.3) is 0 Å². The Morgan fingerprint density at radius 3 is 1.30 bits per heavy atom. The minimum absolute atomic E-state index is 0. The molecule has 0 bridgehead atoms. The summed E-state index contributed by atoms with van der Waals surface area (Å²) in [6.45, 7) is 13.6. The maximum Gasteiger partial charge on any atom is 0 e. The molecule has 0 atom stereocenters. The largest absolute Gasteiger partial charge is 0.103 e. The summed E-state index contributed by atoms with van der Waals surface area (Å²) in [5, 5.41) is 0. The van der Waals surface area contributed by atoms with Gasteiger partial charge in [-0.1, -0.05) is 54.0 Å². The second kappa shape index (κ2) is 69.7. The van der Waals surface area contributed by atoms with E-state index in [2.05, 4.69) is 20.4 Å². The molecule has 0 spiro atoms. The lowest BCUT2D eigenvalue weighted by atomic mass is 10.4. The second-order valence-corrected chi connectivity index (χ2v) is 1.41. The van der Waals surface area contributed by atoms with E-state index in [4.69, 9.17) is 0 Å². The molecule has 0 fully saturated rings. The van der Waals surface area contributed by atoms with Gasteiger partial charge in [-0.2, -0.15) is 0 Å². The van der Waals surface area contributed by atoms with Crippen LogP contribution >= 0.6 is 0 Å². The van der Waals surface area contributed by atoms with Gasteiger partial charge in [-0.3, -0.25) is 0 Å². The lowest BCUT2D eigenvalue weighted by Crippen LogP contribution is -1.47. The van der Waals surface area contributed by atoms with Gasteiger partial charge in [0.15, 0.2) is 0 Å². The van der Waals surface area contributed by atoms with Crippen molar-refractivity contribution in [1.82, 2.24) is 0 Å². The Bertz CT molecular complexity index is 24.1. The highest BCUT2D eigenvalue weighted by atomic mass is 13.6. The molecule has 0 heterocycles. The number of hydrogen-bond acceptors (Lipinski definition) is 0. The fourth-order valence-electron chi connectivity index (χ4n) is 0. The van der Waals surface area contributed by atoms with Gasteiger partial charge in [0.2, 0.25) is 0 Å². The molecule has 0 rings (SSSR count). The molecule has 68 valence electrons. The topological polar surface area (TPSA) is 0 Å². The summed E-state index contributed by atoms with van der Waals surface area (Å²) in [6.07, 6.45) is 4.39. The molecule has 0 aromatic carbocycles. The molecule has 0 nitrogen and oxygen atoms in total. The standard InChI is InChI=1S/C4H10.C3H6.C2H6.CH4.H2/c1-3-4-2;1-3-2;1-2;;/h3-4H2,1-2H3;3H,1H2,2H3;1-2H3;1H4;1H/i;;;;1+1. The van der Waals surface area contributed by atoms with Crippen LogP contribution in [0.15, 0.2) is 12.7 Å². The highest BCUT2D eigenvalue weighted by Crippen LogP contribution is 1.76. The average Bonchev–Trinajstić information content (AvgIpc) is 1.94. The van der Waals surface area contributed by atoms with Crippen molar-refractivity contribution in [1.29, 1.82) is 0 Å². The molecule has 0 aliphatic rings. The summed E-state index contributed by atoms with van der Waals surface area (Å²) in [4.78, 5) is 0. The number of rotatable bonds is 1. The van der Waals surface area contributed by atoms with Gasteiger partial charge < -0.3 is 0 Å². The molecule has 0 aliphatic carbocycles. The normalized spacial score (nSPS) is 4.90. The van der Waals surface area contributed by atoms with Gasteiger partial charge in [0, 0.05) is 1.43 Å². The summed E-state index contributed by atoms with van der Waals surface area (Å²) in [5.74, 6) is 0. The first-order valence-corrected chi connectivity index (χ1v) is 3.90. The van der Waals surface area contributed by atoms with Crippen molar-refractivity contribution in [3.63, 3.8) is 0 Å². The molecular formula is C10H28. The van der Waals surface area contributed by atoms with E-state index in [1.807, 2.05) is 20.8 Å². The van der Waals surface area contributed by atoms with Crippen LogP contribution in [-0.2, 0) is 0 Å². The average molecular weight is 149 g/mol. The predicted octanol–water partition coefficient (Wildman–Crippen LogP) is 4.91. The molecule has 0 N–H and O–H groups in total. The van der Waals surface area contributed by atoms with Crippen LogP contribution in [0.2, 0.25) is 0 Å². The van der Waals surface area contributed by atoms with E-state index in [1.165, 1.54) is 12.8 Å². The molecule has 0 saturated carbocycles. The summed E-state index contributed by atoms with van der Waals surface area (Å²) in [6, 6.07) is 0. The fraction of sp³-hybridized carbons (Fsp3) is 0.800. The van der Waals surface area contributed by atoms with E-state index in [-0.39, 0.29) is 8.85 Å². The first kappa shape index (κ1) is 22.6. The second-order valence-electron chi connectivity index (χ2n) is 1.41. The molecule has 0 unspecified atom stereocenters. The maximum atomic E-state index is 3.36. The van der Waals surface area contributed by atoms with E-state index < -0.39 is 0 Å². The first-order valence-electron chi connectivity index (χ1n) is 3.90. The highest BCUT2D eigenvalue weighted by molar-refractivity contribution is 4.51. The summed E-state index contributed by atoms with van der Waals surface area (Å²) < 4.78 is 0. The van der Waals surface area contributed by atoms with Gasteiger partial charge in [0.05, 0.1) is 0 Å². The van der Waals surface area contributed by atoms with Gasteiger partial charge in [-0.15, -0.1) is 6.58 Å². The van der Waals surface area contributed by atoms with Crippen molar-refractivity contribution in [2.24, 2.45) is 0 Å². The van der Waals surface area contributed by atoms with Gasteiger partial charge in [-0.05, 0) is 6.92 Å². The Morgan fingerprint density at radius 2 is 1.30 bits per heavy atom. The molecule has 0 radical (unpaired) electrons. The number of hydrogen-bond donors (Lipinski definition) is 0. The summed E-state index contributed by atoms with van der Waals surface area (Å²) >= 11 is 0. The number of unbranched alkanes of at least 4 members (excludes halogenated alkanes) is 1. The van der Waals surface area contributed by atoms with Crippen molar-refractivity contribution in [2.75, 3.05) is 0 Å². The molecular weight excluding hydrogens is 120 g/mol. The Balaban J connectivity index is -0.0000000158.